The third-order valence-corrected chi connectivity index (χ3v) is 3.77. The van der Waals surface area contributed by atoms with E-state index in [4.69, 9.17) is 5.11 Å². The van der Waals surface area contributed by atoms with Crippen LogP contribution < -0.4 is 5.32 Å². The lowest BCUT2D eigenvalue weighted by Crippen LogP contribution is -2.03. The number of para-hydroxylation sites is 1. The molecule has 1 aromatic heterocycles. The van der Waals surface area contributed by atoms with Crippen LogP contribution in [0.15, 0.2) is 72.9 Å². The molecule has 0 fully saturated rings. The van der Waals surface area contributed by atoms with E-state index in [1.165, 1.54) is 24.3 Å². The molecule has 0 aliphatic heterocycles. The van der Waals surface area contributed by atoms with E-state index >= 15 is 0 Å². The van der Waals surface area contributed by atoms with Gasteiger partial charge < -0.3 is 10.4 Å². The maximum Gasteiger partial charge on any atom is 0.335 e. The van der Waals surface area contributed by atoms with Crippen LogP contribution in [0.5, 0.6) is 0 Å². The first-order valence-corrected chi connectivity index (χ1v) is 8.07. The standard InChI is InChI=1S/C21H15FN2O3/c22-18-13-15(21(26)27)9-8-14(18)10-11-19(25)17-7-4-12-23-20(17)24-16-5-2-1-3-6-16/h1-13H,(H,23,24)(H,26,27)/b11-10+. The van der Waals surface area contributed by atoms with Gasteiger partial charge in [0.15, 0.2) is 5.78 Å². The minimum Gasteiger partial charge on any atom is -0.478 e. The molecule has 0 aliphatic rings. The first-order valence-electron chi connectivity index (χ1n) is 8.07. The molecule has 5 nitrogen and oxygen atoms in total. The van der Waals surface area contributed by atoms with E-state index in [0.29, 0.717) is 11.4 Å². The van der Waals surface area contributed by atoms with E-state index in [9.17, 15) is 14.0 Å². The number of hydrogen-bond acceptors (Lipinski definition) is 4. The first kappa shape index (κ1) is 18.0. The molecule has 0 saturated heterocycles. The minimum atomic E-state index is -1.22. The quantitative estimate of drug-likeness (QED) is 0.496. The molecule has 0 amide bonds. The summed E-state index contributed by atoms with van der Waals surface area (Å²) in [5, 5.41) is 11.9. The summed E-state index contributed by atoms with van der Waals surface area (Å²) < 4.78 is 14.0. The average Bonchev–Trinajstić information content (AvgIpc) is 2.68. The van der Waals surface area contributed by atoms with Crippen LogP contribution in [0.3, 0.4) is 0 Å². The number of allylic oxidation sites excluding steroid dienone is 1. The van der Waals surface area contributed by atoms with Crippen molar-refractivity contribution in [2.75, 3.05) is 5.32 Å². The van der Waals surface area contributed by atoms with Crippen molar-refractivity contribution in [2.45, 2.75) is 0 Å². The van der Waals surface area contributed by atoms with Gasteiger partial charge in [-0.1, -0.05) is 24.3 Å². The summed E-state index contributed by atoms with van der Waals surface area (Å²) in [6.45, 7) is 0. The lowest BCUT2D eigenvalue weighted by atomic mass is 10.1. The molecule has 0 bridgehead atoms. The summed E-state index contributed by atoms with van der Waals surface area (Å²) in [4.78, 5) is 27.6. The van der Waals surface area contributed by atoms with Crippen LogP contribution in [-0.2, 0) is 0 Å². The first-order chi connectivity index (χ1) is 13.0. The van der Waals surface area contributed by atoms with E-state index in [-0.39, 0.29) is 16.9 Å². The van der Waals surface area contributed by atoms with Gasteiger partial charge in [-0.15, -0.1) is 0 Å². The summed E-state index contributed by atoms with van der Waals surface area (Å²) in [5.41, 5.74) is 1.08. The molecular formula is C21H15FN2O3. The Hall–Kier alpha value is -3.80. The van der Waals surface area contributed by atoms with Crippen LogP contribution in [-0.4, -0.2) is 21.8 Å². The molecule has 134 valence electrons. The van der Waals surface area contributed by atoms with E-state index in [1.54, 1.807) is 18.3 Å². The van der Waals surface area contributed by atoms with Gasteiger partial charge in [0.25, 0.3) is 0 Å². The van der Waals surface area contributed by atoms with Crippen LogP contribution in [0.1, 0.15) is 26.3 Å². The number of carboxylic acids is 1. The Balaban J connectivity index is 1.82. The molecular weight excluding hydrogens is 347 g/mol. The van der Waals surface area contributed by atoms with Crippen molar-refractivity contribution < 1.29 is 19.1 Å². The smallest absolute Gasteiger partial charge is 0.335 e. The van der Waals surface area contributed by atoms with Crippen molar-refractivity contribution in [3.8, 4) is 0 Å². The number of rotatable bonds is 6. The van der Waals surface area contributed by atoms with Crippen LogP contribution in [0.4, 0.5) is 15.9 Å². The Kier molecular flexibility index (Phi) is 5.37. The lowest BCUT2D eigenvalue weighted by molar-refractivity contribution is 0.0696. The fourth-order valence-corrected chi connectivity index (χ4v) is 2.41. The number of benzene rings is 2. The monoisotopic (exact) mass is 362 g/mol. The molecule has 0 unspecified atom stereocenters. The summed E-state index contributed by atoms with van der Waals surface area (Å²) in [7, 11) is 0. The largest absolute Gasteiger partial charge is 0.478 e. The topological polar surface area (TPSA) is 79.3 Å². The maximum absolute atomic E-state index is 14.0. The molecule has 2 N–H and O–H groups in total. The fourth-order valence-electron chi connectivity index (χ4n) is 2.41. The number of nitrogens with one attached hydrogen (secondary N) is 1. The van der Waals surface area contributed by atoms with Crippen molar-refractivity contribution >= 4 is 29.3 Å². The van der Waals surface area contributed by atoms with E-state index < -0.39 is 11.8 Å². The number of halogens is 1. The van der Waals surface area contributed by atoms with Gasteiger partial charge in [0.1, 0.15) is 11.6 Å². The maximum atomic E-state index is 14.0. The highest BCUT2D eigenvalue weighted by Crippen LogP contribution is 2.20. The molecule has 0 saturated carbocycles. The van der Waals surface area contributed by atoms with Crippen LogP contribution in [0, 0.1) is 5.82 Å². The van der Waals surface area contributed by atoms with Crippen LogP contribution in [0.25, 0.3) is 6.08 Å². The number of pyridine rings is 1. The minimum absolute atomic E-state index is 0.120. The second-order valence-electron chi connectivity index (χ2n) is 5.63. The number of carbonyl (C=O) groups excluding carboxylic acids is 1. The summed E-state index contributed by atoms with van der Waals surface area (Å²) in [5.74, 6) is -1.90. The van der Waals surface area contributed by atoms with Crippen molar-refractivity contribution in [3.05, 3.63) is 95.4 Å². The highest BCUT2D eigenvalue weighted by atomic mass is 19.1. The Morgan fingerprint density at radius 1 is 1.04 bits per heavy atom. The second kappa shape index (κ2) is 8.05. The Morgan fingerprint density at radius 2 is 1.81 bits per heavy atom. The highest BCUT2D eigenvalue weighted by Gasteiger charge is 2.11. The van der Waals surface area contributed by atoms with Crippen LogP contribution in [0.2, 0.25) is 0 Å². The fraction of sp³-hybridized carbons (Fsp3) is 0. The van der Waals surface area contributed by atoms with E-state index in [1.807, 2.05) is 30.3 Å². The predicted octanol–water partition coefficient (Wildman–Crippen LogP) is 4.56. The molecule has 3 rings (SSSR count). The summed E-state index contributed by atoms with van der Waals surface area (Å²) in [6.07, 6.45) is 4.10. The molecule has 6 heteroatoms. The van der Waals surface area contributed by atoms with E-state index in [0.717, 1.165) is 11.8 Å². The predicted molar refractivity (Wildman–Crippen MR) is 101 cm³/mol. The Labute approximate surface area is 154 Å². The van der Waals surface area contributed by atoms with Crippen molar-refractivity contribution in [3.63, 3.8) is 0 Å². The molecule has 0 atom stereocenters. The van der Waals surface area contributed by atoms with Gasteiger partial charge >= 0.3 is 5.97 Å². The number of carboxylic acid groups (broad SMARTS) is 1. The molecule has 2 aromatic carbocycles. The molecule has 0 spiro atoms. The van der Waals surface area contributed by atoms with Gasteiger partial charge in [-0.05, 0) is 48.6 Å². The third-order valence-electron chi connectivity index (χ3n) is 3.77. The van der Waals surface area contributed by atoms with Gasteiger partial charge in [-0.3, -0.25) is 4.79 Å². The molecule has 1 heterocycles. The second-order valence-corrected chi connectivity index (χ2v) is 5.63. The van der Waals surface area contributed by atoms with Crippen LogP contribution >= 0.6 is 0 Å². The lowest BCUT2D eigenvalue weighted by Gasteiger charge is -2.08. The number of ketones is 1. The molecule has 27 heavy (non-hydrogen) atoms. The summed E-state index contributed by atoms with van der Waals surface area (Å²) >= 11 is 0. The Bertz CT molecular complexity index is 1020. The van der Waals surface area contributed by atoms with Crippen molar-refractivity contribution in [2.24, 2.45) is 0 Å². The Morgan fingerprint density at radius 3 is 2.52 bits per heavy atom. The number of hydrogen-bond donors (Lipinski definition) is 2. The molecule has 0 radical (unpaired) electrons. The number of anilines is 2. The van der Waals surface area contributed by atoms with Gasteiger partial charge in [0.2, 0.25) is 0 Å². The SMILES string of the molecule is O=C(O)c1ccc(/C=C/C(=O)c2cccnc2Nc2ccccc2)c(F)c1. The highest BCUT2D eigenvalue weighted by molar-refractivity contribution is 6.10. The third kappa shape index (κ3) is 4.43. The zero-order valence-electron chi connectivity index (χ0n) is 14.1. The number of nitrogens with zero attached hydrogens (tertiary/aromatic N) is 1. The number of aromatic carboxylic acids is 1. The van der Waals surface area contributed by atoms with Gasteiger partial charge in [0.05, 0.1) is 11.1 Å². The van der Waals surface area contributed by atoms with Gasteiger partial charge in [-0.2, -0.15) is 0 Å². The molecule has 3 aromatic rings. The van der Waals surface area contributed by atoms with Gasteiger partial charge in [0, 0.05) is 17.4 Å². The zero-order valence-corrected chi connectivity index (χ0v) is 14.1. The summed E-state index contributed by atoms with van der Waals surface area (Å²) in [6, 6.07) is 16.1. The van der Waals surface area contributed by atoms with E-state index in [2.05, 4.69) is 10.3 Å². The van der Waals surface area contributed by atoms with Gasteiger partial charge in [-0.25, -0.2) is 14.2 Å². The van der Waals surface area contributed by atoms with Crippen molar-refractivity contribution in [1.82, 2.24) is 4.98 Å². The molecule has 0 aliphatic carbocycles. The zero-order chi connectivity index (χ0) is 19.2. The number of aromatic nitrogens is 1. The van der Waals surface area contributed by atoms with Crippen molar-refractivity contribution in [1.29, 1.82) is 0 Å². The number of carbonyl (C=O) groups is 2. The average molecular weight is 362 g/mol. The normalized spacial score (nSPS) is 10.7.